The molecule has 0 aliphatic rings. The Hall–Kier alpha value is -1.40. The smallest absolute Gasteiger partial charge is 0.305 e. The lowest BCUT2D eigenvalue weighted by molar-refractivity contribution is -0.143. The van der Waals surface area contributed by atoms with E-state index in [1.54, 1.807) is 0 Å². The average molecular weight is 1170 g/mol. The molecule has 0 saturated heterocycles. The molecular formula is C77H151NO5. The van der Waals surface area contributed by atoms with Gasteiger partial charge < -0.3 is 20.3 Å². The summed E-state index contributed by atoms with van der Waals surface area (Å²) >= 11 is 0. The van der Waals surface area contributed by atoms with Crippen LogP contribution >= 0.6 is 0 Å². The lowest BCUT2D eigenvalue weighted by Crippen LogP contribution is -2.45. The molecule has 0 rings (SSSR count). The van der Waals surface area contributed by atoms with Crippen LogP contribution < -0.4 is 5.32 Å². The molecule has 0 heterocycles. The fraction of sp³-hybridized carbons (Fsp3) is 0.948. The van der Waals surface area contributed by atoms with Crippen molar-refractivity contribution in [2.24, 2.45) is 0 Å². The highest BCUT2D eigenvalue weighted by Gasteiger charge is 2.20. The number of ether oxygens (including phenoxy) is 1. The molecule has 0 aliphatic heterocycles. The first kappa shape index (κ1) is 81.6. The monoisotopic (exact) mass is 1170 g/mol. The van der Waals surface area contributed by atoms with Gasteiger partial charge in [0.25, 0.3) is 0 Å². The molecule has 2 atom stereocenters. The topological polar surface area (TPSA) is 95.9 Å². The van der Waals surface area contributed by atoms with Gasteiger partial charge in [-0.1, -0.05) is 392 Å². The largest absolute Gasteiger partial charge is 0.466 e. The van der Waals surface area contributed by atoms with E-state index in [0.717, 1.165) is 44.9 Å². The van der Waals surface area contributed by atoms with E-state index in [1.165, 1.54) is 366 Å². The molecule has 1 amide bonds. The van der Waals surface area contributed by atoms with Crippen molar-refractivity contribution in [3.63, 3.8) is 0 Å². The summed E-state index contributed by atoms with van der Waals surface area (Å²) in [5.41, 5.74) is 0. The Balaban J connectivity index is 3.34. The van der Waals surface area contributed by atoms with Crippen molar-refractivity contribution in [3.8, 4) is 0 Å². The van der Waals surface area contributed by atoms with Crippen molar-refractivity contribution in [2.45, 2.75) is 456 Å². The molecule has 0 aliphatic carbocycles. The lowest BCUT2D eigenvalue weighted by atomic mass is 10.0. The Labute approximate surface area is 520 Å². The Morgan fingerprint density at radius 2 is 0.566 bits per heavy atom. The molecule has 0 bridgehead atoms. The Bertz CT molecular complexity index is 1260. The van der Waals surface area contributed by atoms with E-state index >= 15 is 0 Å². The van der Waals surface area contributed by atoms with Gasteiger partial charge in [-0.05, 0) is 51.4 Å². The van der Waals surface area contributed by atoms with Gasteiger partial charge in [-0.25, -0.2) is 0 Å². The van der Waals surface area contributed by atoms with Crippen molar-refractivity contribution in [2.75, 3.05) is 13.2 Å². The second-order valence-corrected chi connectivity index (χ2v) is 26.7. The minimum absolute atomic E-state index is 0.0105. The minimum atomic E-state index is -0.663. The maximum absolute atomic E-state index is 12.6. The van der Waals surface area contributed by atoms with E-state index in [2.05, 4.69) is 31.3 Å². The quantitative estimate of drug-likeness (QED) is 0.0320. The van der Waals surface area contributed by atoms with Gasteiger partial charge in [-0.3, -0.25) is 9.59 Å². The number of nitrogens with one attached hydrogen (secondary N) is 1. The number of hydrogen-bond donors (Lipinski definition) is 3. The van der Waals surface area contributed by atoms with Crippen LogP contribution in [0.2, 0.25) is 0 Å². The van der Waals surface area contributed by atoms with E-state index in [4.69, 9.17) is 4.74 Å². The molecule has 0 aromatic rings. The molecule has 0 aromatic heterocycles. The first-order chi connectivity index (χ1) is 41.0. The number of hydrogen-bond acceptors (Lipinski definition) is 5. The zero-order valence-corrected chi connectivity index (χ0v) is 56.7. The molecular weight excluding hydrogens is 1020 g/mol. The summed E-state index contributed by atoms with van der Waals surface area (Å²) in [6.45, 7) is 4.98. The molecule has 0 fully saturated rings. The zero-order valence-electron chi connectivity index (χ0n) is 56.7. The van der Waals surface area contributed by atoms with Crippen LogP contribution in [0.15, 0.2) is 12.2 Å². The number of allylic oxidation sites excluding steroid dienone is 2. The van der Waals surface area contributed by atoms with Crippen molar-refractivity contribution >= 4 is 11.9 Å². The van der Waals surface area contributed by atoms with Crippen LogP contribution in [0.1, 0.15) is 444 Å². The number of esters is 1. The number of carbonyl (C=O) groups excluding carboxylic acids is 2. The highest BCUT2D eigenvalue weighted by molar-refractivity contribution is 5.76. The average Bonchev–Trinajstić information content (AvgIpc) is 3.49. The molecule has 83 heavy (non-hydrogen) atoms. The molecule has 0 spiro atoms. The molecule has 0 saturated carbocycles. The highest BCUT2D eigenvalue weighted by atomic mass is 16.5. The summed E-state index contributed by atoms with van der Waals surface area (Å²) in [6, 6.07) is -0.540. The summed E-state index contributed by atoms with van der Waals surface area (Å²) in [4.78, 5) is 24.6. The van der Waals surface area contributed by atoms with Crippen LogP contribution in [0.25, 0.3) is 0 Å². The summed E-state index contributed by atoms with van der Waals surface area (Å²) in [6.07, 6.45) is 91.5. The second kappa shape index (κ2) is 73.1. The first-order valence-corrected chi connectivity index (χ1v) is 38.4. The molecule has 494 valence electrons. The van der Waals surface area contributed by atoms with E-state index in [0.29, 0.717) is 25.9 Å². The number of aliphatic hydroxyl groups is 2. The zero-order chi connectivity index (χ0) is 59.9. The molecule has 6 nitrogen and oxygen atoms in total. The molecule has 0 aromatic carbocycles. The van der Waals surface area contributed by atoms with Gasteiger partial charge in [0.1, 0.15) is 0 Å². The Kier molecular flexibility index (Phi) is 71.8. The van der Waals surface area contributed by atoms with Gasteiger partial charge in [0.15, 0.2) is 0 Å². The van der Waals surface area contributed by atoms with Gasteiger partial charge in [-0.2, -0.15) is 0 Å². The summed E-state index contributed by atoms with van der Waals surface area (Å²) in [5, 5.41) is 23.5. The van der Waals surface area contributed by atoms with Gasteiger partial charge in [-0.15, -0.1) is 0 Å². The van der Waals surface area contributed by atoms with Crippen LogP contribution in [0.5, 0.6) is 0 Å². The summed E-state index contributed by atoms with van der Waals surface area (Å²) in [7, 11) is 0. The minimum Gasteiger partial charge on any atom is -0.466 e. The number of unbranched alkanes of at least 4 members (excludes halogenated alkanes) is 60. The van der Waals surface area contributed by atoms with E-state index in [1.807, 2.05) is 0 Å². The third kappa shape index (κ3) is 69.6. The fourth-order valence-electron chi connectivity index (χ4n) is 12.5. The number of rotatable bonds is 73. The summed E-state index contributed by atoms with van der Waals surface area (Å²) in [5.74, 6) is -0.0148. The SMILES string of the molecule is CCCCC/C=C\CCCCCCCC(=O)OCCCCCCCCCCCCCCCCCCCCCCCCCCCCCCCC(=O)NC(CO)C(O)CCCCCCCCCCCCCCCCCCCCCCCCCCC. The molecule has 0 radical (unpaired) electrons. The van der Waals surface area contributed by atoms with Gasteiger partial charge in [0.2, 0.25) is 5.91 Å². The second-order valence-electron chi connectivity index (χ2n) is 26.7. The van der Waals surface area contributed by atoms with Crippen LogP contribution in [0.4, 0.5) is 0 Å². The third-order valence-electron chi connectivity index (χ3n) is 18.3. The van der Waals surface area contributed by atoms with E-state index in [-0.39, 0.29) is 18.5 Å². The number of carbonyl (C=O) groups is 2. The highest BCUT2D eigenvalue weighted by Crippen LogP contribution is 2.20. The maximum Gasteiger partial charge on any atom is 0.305 e. The van der Waals surface area contributed by atoms with Crippen LogP contribution in [0, 0.1) is 0 Å². The first-order valence-electron chi connectivity index (χ1n) is 38.4. The van der Waals surface area contributed by atoms with Gasteiger partial charge >= 0.3 is 5.97 Å². The van der Waals surface area contributed by atoms with Crippen LogP contribution in [-0.4, -0.2) is 47.4 Å². The number of amides is 1. The van der Waals surface area contributed by atoms with Crippen molar-refractivity contribution in [1.29, 1.82) is 0 Å². The van der Waals surface area contributed by atoms with E-state index < -0.39 is 12.1 Å². The van der Waals surface area contributed by atoms with Crippen LogP contribution in [0.3, 0.4) is 0 Å². The third-order valence-corrected chi connectivity index (χ3v) is 18.3. The Morgan fingerprint density at radius 3 is 0.880 bits per heavy atom. The van der Waals surface area contributed by atoms with Gasteiger partial charge in [0.05, 0.1) is 25.4 Å². The van der Waals surface area contributed by atoms with Gasteiger partial charge in [0, 0.05) is 12.8 Å². The predicted molar refractivity (Wildman–Crippen MR) is 366 cm³/mol. The van der Waals surface area contributed by atoms with Crippen molar-refractivity contribution in [1.82, 2.24) is 5.32 Å². The lowest BCUT2D eigenvalue weighted by Gasteiger charge is -2.22. The van der Waals surface area contributed by atoms with Crippen molar-refractivity contribution in [3.05, 3.63) is 12.2 Å². The Morgan fingerprint density at radius 1 is 0.325 bits per heavy atom. The number of aliphatic hydroxyl groups excluding tert-OH is 2. The molecule has 2 unspecified atom stereocenters. The maximum atomic E-state index is 12.6. The van der Waals surface area contributed by atoms with E-state index in [9.17, 15) is 19.8 Å². The molecule has 6 heteroatoms. The fourth-order valence-corrected chi connectivity index (χ4v) is 12.5. The van der Waals surface area contributed by atoms with Crippen LogP contribution in [-0.2, 0) is 14.3 Å². The predicted octanol–water partition coefficient (Wildman–Crippen LogP) is 25.1. The summed E-state index contributed by atoms with van der Waals surface area (Å²) < 4.78 is 5.48. The standard InChI is InChI=1S/C77H151NO5/c1-3-5-7-9-11-13-15-17-18-19-20-21-22-28-31-34-37-40-43-46-49-53-57-61-65-69-75(80)74(73-79)78-76(81)70-66-62-58-54-50-47-44-41-38-35-32-29-26-24-23-25-27-30-33-36-39-42-45-48-52-56-60-64-68-72-83-77(82)71-67-63-59-55-51-16-14-12-10-8-6-4-2/h12,14,74-75,79-80H,3-11,13,15-73H2,1-2H3,(H,78,81)/b14-12-. The normalized spacial score (nSPS) is 12.5. The van der Waals surface area contributed by atoms with Crippen molar-refractivity contribution < 1.29 is 24.5 Å². The molecule has 3 N–H and O–H groups in total.